The van der Waals surface area contributed by atoms with Gasteiger partial charge < -0.3 is 9.84 Å². The predicted octanol–water partition coefficient (Wildman–Crippen LogP) is 0.0942. The van der Waals surface area contributed by atoms with Crippen LogP contribution in [-0.2, 0) is 14.9 Å². The molecule has 0 amide bonds. The number of morpholine rings is 1. The highest BCUT2D eigenvalue weighted by Crippen LogP contribution is 2.31. The molecule has 1 saturated heterocycles. The summed E-state index contributed by atoms with van der Waals surface area (Å²) in [5.41, 5.74) is -0.892. The lowest BCUT2D eigenvalue weighted by atomic mass is 9.79. The van der Waals surface area contributed by atoms with Crippen LogP contribution in [0.5, 0.6) is 0 Å². The lowest BCUT2D eigenvalue weighted by Crippen LogP contribution is -2.52. The summed E-state index contributed by atoms with van der Waals surface area (Å²) in [6.45, 7) is 3.83. The largest absolute Gasteiger partial charge is 0.389 e. The van der Waals surface area contributed by atoms with Gasteiger partial charge in [0.2, 0.25) is 0 Å². The quantitative estimate of drug-likeness (QED) is 0.770. The van der Waals surface area contributed by atoms with Gasteiger partial charge in [-0.05, 0) is 18.8 Å². The van der Waals surface area contributed by atoms with Gasteiger partial charge in [0.15, 0.2) is 0 Å². The maximum atomic E-state index is 12.1. The summed E-state index contributed by atoms with van der Waals surface area (Å²) in [7, 11) is -3.49. The molecule has 1 aliphatic heterocycles. The van der Waals surface area contributed by atoms with Crippen molar-refractivity contribution >= 4 is 10.2 Å². The van der Waals surface area contributed by atoms with Gasteiger partial charge in [-0.25, -0.2) is 0 Å². The Labute approximate surface area is 115 Å². The molecule has 19 heavy (non-hydrogen) atoms. The maximum Gasteiger partial charge on any atom is 0.279 e. The van der Waals surface area contributed by atoms with E-state index in [9.17, 15) is 13.5 Å². The van der Waals surface area contributed by atoms with Crippen LogP contribution in [0.25, 0.3) is 0 Å². The third-order valence-corrected chi connectivity index (χ3v) is 5.52. The minimum atomic E-state index is -3.49. The third kappa shape index (κ3) is 4.13. The van der Waals surface area contributed by atoms with Crippen LogP contribution in [-0.4, -0.2) is 56.3 Å². The minimum Gasteiger partial charge on any atom is -0.389 e. The van der Waals surface area contributed by atoms with Crippen molar-refractivity contribution in [1.29, 1.82) is 0 Å². The molecule has 0 aromatic carbocycles. The summed E-state index contributed by atoms with van der Waals surface area (Å²) in [6.07, 6.45) is 3.40. The van der Waals surface area contributed by atoms with Gasteiger partial charge in [0.25, 0.3) is 10.2 Å². The summed E-state index contributed by atoms with van der Waals surface area (Å²) < 4.78 is 33.3. The van der Waals surface area contributed by atoms with E-state index in [-0.39, 0.29) is 6.54 Å². The van der Waals surface area contributed by atoms with E-state index >= 15 is 0 Å². The Morgan fingerprint density at radius 2 is 2.11 bits per heavy atom. The summed E-state index contributed by atoms with van der Waals surface area (Å²) in [6, 6.07) is 0. The molecule has 0 aromatic rings. The van der Waals surface area contributed by atoms with E-state index < -0.39 is 15.8 Å². The number of nitrogens with one attached hydrogen (secondary N) is 1. The fourth-order valence-electron chi connectivity index (χ4n) is 2.90. The third-order valence-electron chi connectivity index (χ3n) is 3.96. The molecular formula is C12H24N2O4S. The van der Waals surface area contributed by atoms with E-state index in [4.69, 9.17) is 4.74 Å². The zero-order valence-corrected chi connectivity index (χ0v) is 12.3. The van der Waals surface area contributed by atoms with E-state index in [1.54, 1.807) is 0 Å². The summed E-state index contributed by atoms with van der Waals surface area (Å²) in [5.74, 6) is 0.451. The Hall–Kier alpha value is -0.210. The molecule has 0 spiro atoms. The first kappa shape index (κ1) is 15.2. The number of hydrogen-bond acceptors (Lipinski definition) is 4. The minimum absolute atomic E-state index is 0.108. The molecule has 2 aliphatic rings. The van der Waals surface area contributed by atoms with E-state index in [1.807, 2.05) is 0 Å². The Morgan fingerprint density at radius 1 is 1.42 bits per heavy atom. The number of nitrogens with zero attached hydrogens (tertiary/aromatic N) is 1. The molecular weight excluding hydrogens is 268 g/mol. The molecule has 0 bridgehead atoms. The van der Waals surface area contributed by atoms with Gasteiger partial charge in [0.05, 0.1) is 18.8 Å². The molecule has 2 atom stereocenters. The van der Waals surface area contributed by atoms with Crippen molar-refractivity contribution in [2.45, 2.75) is 38.2 Å². The van der Waals surface area contributed by atoms with Crippen molar-refractivity contribution in [2.75, 3.05) is 32.8 Å². The molecule has 0 aromatic heterocycles. The molecule has 2 rings (SSSR count). The molecule has 1 saturated carbocycles. The van der Waals surface area contributed by atoms with Gasteiger partial charge in [-0.1, -0.05) is 19.8 Å². The lowest BCUT2D eigenvalue weighted by Gasteiger charge is -2.36. The highest BCUT2D eigenvalue weighted by molar-refractivity contribution is 7.87. The van der Waals surface area contributed by atoms with Crippen molar-refractivity contribution in [3.05, 3.63) is 0 Å². The molecule has 1 aliphatic carbocycles. The number of hydrogen-bond donors (Lipinski definition) is 2. The van der Waals surface area contributed by atoms with Crippen LogP contribution in [0.2, 0.25) is 0 Å². The van der Waals surface area contributed by atoms with Gasteiger partial charge in [0.1, 0.15) is 0 Å². The lowest BCUT2D eigenvalue weighted by molar-refractivity contribution is -0.00806. The highest BCUT2D eigenvalue weighted by atomic mass is 32.2. The molecule has 2 N–H and O–H groups in total. The second kappa shape index (κ2) is 6.05. The SMILES string of the molecule is CC1CCCC(O)(CNS(=O)(=O)N2CCOCC2)C1. The Balaban J connectivity index is 1.89. The average Bonchev–Trinajstić information content (AvgIpc) is 2.38. The Bertz CT molecular complexity index is 395. The van der Waals surface area contributed by atoms with Crippen LogP contribution >= 0.6 is 0 Å². The molecule has 2 unspecified atom stereocenters. The highest BCUT2D eigenvalue weighted by Gasteiger charge is 2.35. The number of aliphatic hydroxyl groups is 1. The van der Waals surface area contributed by atoms with E-state index in [0.29, 0.717) is 45.1 Å². The summed E-state index contributed by atoms with van der Waals surface area (Å²) in [4.78, 5) is 0. The van der Waals surface area contributed by atoms with Crippen molar-refractivity contribution in [1.82, 2.24) is 9.03 Å². The second-order valence-corrected chi connectivity index (χ2v) is 7.52. The van der Waals surface area contributed by atoms with Crippen molar-refractivity contribution in [2.24, 2.45) is 5.92 Å². The van der Waals surface area contributed by atoms with Gasteiger partial charge in [0, 0.05) is 19.6 Å². The fourth-order valence-corrected chi connectivity index (χ4v) is 4.16. The normalized spacial score (nSPS) is 34.3. The second-order valence-electron chi connectivity index (χ2n) is 5.76. The maximum absolute atomic E-state index is 12.1. The molecule has 7 heteroatoms. The summed E-state index contributed by atoms with van der Waals surface area (Å²) >= 11 is 0. The fraction of sp³-hybridized carbons (Fsp3) is 1.00. The van der Waals surface area contributed by atoms with Crippen LogP contribution < -0.4 is 4.72 Å². The zero-order chi connectivity index (χ0) is 13.9. The van der Waals surface area contributed by atoms with E-state index in [1.165, 1.54) is 4.31 Å². The molecule has 1 heterocycles. The monoisotopic (exact) mass is 292 g/mol. The van der Waals surface area contributed by atoms with Crippen LogP contribution in [0, 0.1) is 5.92 Å². The van der Waals surface area contributed by atoms with Crippen LogP contribution in [0.15, 0.2) is 0 Å². The van der Waals surface area contributed by atoms with Crippen LogP contribution in [0.4, 0.5) is 0 Å². The first-order chi connectivity index (χ1) is 8.91. The predicted molar refractivity (Wildman–Crippen MR) is 71.9 cm³/mol. The zero-order valence-electron chi connectivity index (χ0n) is 11.5. The first-order valence-corrected chi connectivity index (χ1v) is 8.40. The Kier molecular flexibility index (Phi) is 4.84. The van der Waals surface area contributed by atoms with Crippen LogP contribution in [0.3, 0.4) is 0 Å². The smallest absolute Gasteiger partial charge is 0.279 e. The standard InChI is InChI=1S/C12H24N2O4S/c1-11-3-2-4-12(15,9-11)10-13-19(16,17)14-5-7-18-8-6-14/h11,13,15H,2-10H2,1H3. The first-order valence-electron chi connectivity index (χ1n) is 6.96. The number of rotatable bonds is 4. The van der Waals surface area contributed by atoms with E-state index in [2.05, 4.69) is 11.6 Å². The van der Waals surface area contributed by atoms with Gasteiger partial charge in [-0.2, -0.15) is 17.4 Å². The van der Waals surface area contributed by atoms with Crippen molar-refractivity contribution in [3.8, 4) is 0 Å². The summed E-state index contributed by atoms with van der Waals surface area (Å²) in [5, 5.41) is 10.4. The molecule has 0 radical (unpaired) electrons. The van der Waals surface area contributed by atoms with Crippen molar-refractivity contribution in [3.63, 3.8) is 0 Å². The van der Waals surface area contributed by atoms with Gasteiger partial charge >= 0.3 is 0 Å². The average molecular weight is 292 g/mol. The molecule has 2 fully saturated rings. The van der Waals surface area contributed by atoms with Crippen molar-refractivity contribution < 1.29 is 18.3 Å². The number of ether oxygens (including phenoxy) is 1. The molecule has 6 nitrogen and oxygen atoms in total. The van der Waals surface area contributed by atoms with Gasteiger partial charge in [-0.3, -0.25) is 0 Å². The molecule has 112 valence electrons. The topological polar surface area (TPSA) is 78.9 Å². The van der Waals surface area contributed by atoms with E-state index in [0.717, 1.165) is 12.8 Å². The van der Waals surface area contributed by atoms with Gasteiger partial charge in [-0.15, -0.1) is 0 Å². The Morgan fingerprint density at radius 3 is 2.74 bits per heavy atom. The van der Waals surface area contributed by atoms with Crippen LogP contribution in [0.1, 0.15) is 32.6 Å².